The molecule has 2 atom stereocenters. The molecule has 5 nitrogen and oxygen atoms in total. The van der Waals surface area contributed by atoms with Crippen LogP contribution in [-0.4, -0.2) is 48.3 Å². The van der Waals surface area contributed by atoms with E-state index in [0.29, 0.717) is 23.6 Å². The summed E-state index contributed by atoms with van der Waals surface area (Å²) >= 11 is 1.52. The van der Waals surface area contributed by atoms with Crippen molar-refractivity contribution in [1.29, 1.82) is 0 Å². The first-order valence-corrected chi connectivity index (χ1v) is 11.9. The van der Waals surface area contributed by atoms with Gasteiger partial charge >= 0.3 is 7.98 Å². The fraction of sp³-hybridized carbons (Fsp3) is 0.417. The SMILES string of the molecule is [B][N+]12CC3CC(C1)C(Oc1nnc(-c4ccc(OCc5ccccc5)cc4)s1)C(C3)C2. The molecule has 4 heterocycles. The lowest BCUT2D eigenvalue weighted by molar-refractivity contribution is -0.852. The smallest absolute Gasteiger partial charge is 0.481 e. The maximum atomic E-state index is 6.57. The van der Waals surface area contributed by atoms with Gasteiger partial charge in [0.05, 0.1) is 19.6 Å². The van der Waals surface area contributed by atoms with Crippen LogP contribution in [0.1, 0.15) is 18.4 Å². The van der Waals surface area contributed by atoms with Gasteiger partial charge in [0.1, 0.15) is 18.5 Å². The predicted octanol–water partition coefficient (Wildman–Crippen LogP) is 4.10. The molecule has 4 bridgehead atoms. The first-order chi connectivity index (χ1) is 15.1. The van der Waals surface area contributed by atoms with Gasteiger partial charge in [-0.2, -0.15) is 0 Å². The zero-order valence-corrected chi connectivity index (χ0v) is 18.2. The number of piperidine rings is 3. The second-order valence-corrected chi connectivity index (χ2v) is 10.3. The van der Waals surface area contributed by atoms with Crippen molar-refractivity contribution in [1.82, 2.24) is 10.2 Å². The van der Waals surface area contributed by atoms with Crippen LogP contribution >= 0.6 is 11.3 Å². The summed E-state index contributed by atoms with van der Waals surface area (Å²) in [7, 11) is 6.57. The molecule has 1 saturated carbocycles. The Labute approximate surface area is 188 Å². The molecule has 3 aromatic rings. The average Bonchev–Trinajstić information content (AvgIpc) is 3.23. The summed E-state index contributed by atoms with van der Waals surface area (Å²) in [6, 6.07) is 18.2. The van der Waals surface area contributed by atoms with Crippen molar-refractivity contribution in [3.05, 3.63) is 60.2 Å². The second-order valence-electron chi connectivity index (χ2n) is 9.38. The molecule has 1 aliphatic carbocycles. The van der Waals surface area contributed by atoms with Gasteiger partial charge in [0.2, 0.25) is 0 Å². The van der Waals surface area contributed by atoms with E-state index in [0.717, 1.165) is 51.8 Å². The molecule has 31 heavy (non-hydrogen) atoms. The van der Waals surface area contributed by atoms with E-state index in [4.69, 9.17) is 17.5 Å². The third kappa shape index (κ3) is 3.85. The minimum atomic E-state index is 0.237. The average molecular weight is 430 g/mol. The lowest BCUT2D eigenvalue weighted by atomic mass is 9.63. The van der Waals surface area contributed by atoms with Gasteiger partial charge in [-0.25, -0.2) is 0 Å². The van der Waals surface area contributed by atoms with Gasteiger partial charge in [-0.1, -0.05) is 46.8 Å². The Hall–Kier alpha value is -2.38. The van der Waals surface area contributed by atoms with Crippen LogP contribution in [0.2, 0.25) is 0 Å². The third-order valence-electron chi connectivity index (χ3n) is 7.01. The van der Waals surface area contributed by atoms with E-state index in [-0.39, 0.29) is 6.10 Å². The molecule has 156 valence electrons. The standard InChI is InChI=1S/C24H25BN3O2S/c25-28-12-17-10-19(13-28)22(20(11-17)14-28)30-24-27-26-23(31-24)18-6-8-21(9-7-18)29-15-16-4-2-1-3-5-16/h1-9,17,19-20,22H,10-15H2/q+1. The highest BCUT2D eigenvalue weighted by Crippen LogP contribution is 2.47. The van der Waals surface area contributed by atoms with Gasteiger partial charge in [0, 0.05) is 23.3 Å². The maximum absolute atomic E-state index is 6.57. The minimum Gasteiger partial charge on any atom is -0.489 e. The molecule has 0 spiro atoms. The van der Waals surface area contributed by atoms with Crippen molar-refractivity contribution in [3.63, 3.8) is 0 Å². The summed E-state index contributed by atoms with van der Waals surface area (Å²) in [5.74, 6) is 2.71. The third-order valence-corrected chi connectivity index (χ3v) is 7.88. The highest BCUT2D eigenvalue weighted by Gasteiger charge is 2.55. The molecule has 3 saturated heterocycles. The monoisotopic (exact) mass is 430 g/mol. The number of hydrogen-bond acceptors (Lipinski definition) is 5. The summed E-state index contributed by atoms with van der Waals surface area (Å²) in [5.41, 5.74) is 2.18. The van der Waals surface area contributed by atoms with Crippen LogP contribution in [0.15, 0.2) is 54.6 Å². The molecule has 1 aromatic heterocycles. The van der Waals surface area contributed by atoms with Gasteiger partial charge in [-0.15, -0.1) is 5.10 Å². The van der Waals surface area contributed by atoms with E-state index in [9.17, 15) is 0 Å². The van der Waals surface area contributed by atoms with E-state index < -0.39 is 0 Å². The quantitative estimate of drug-likeness (QED) is 0.553. The van der Waals surface area contributed by atoms with Gasteiger partial charge in [-0.05, 0) is 42.7 Å². The molecule has 0 N–H and O–H groups in total. The van der Waals surface area contributed by atoms with Crippen LogP contribution in [0, 0.1) is 17.8 Å². The molecule has 4 aliphatic rings. The number of ether oxygens (including phenoxy) is 2. The lowest BCUT2D eigenvalue weighted by Crippen LogP contribution is -2.70. The van der Waals surface area contributed by atoms with Crippen LogP contribution in [0.3, 0.4) is 0 Å². The zero-order valence-electron chi connectivity index (χ0n) is 17.4. The van der Waals surface area contributed by atoms with Crippen LogP contribution in [0.4, 0.5) is 0 Å². The van der Waals surface area contributed by atoms with Crippen molar-refractivity contribution >= 4 is 19.3 Å². The van der Waals surface area contributed by atoms with Gasteiger partial charge in [-0.3, -0.25) is 0 Å². The van der Waals surface area contributed by atoms with Crippen LogP contribution < -0.4 is 9.47 Å². The Kier molecular flexibility index (Phi) is 4.76. The van der Waals surface area contributed by atoms with Crippen molar-refractivity contribution in [2.75, 3.05) is 19.6 Å². The maximum Gasteiger partial charge on any atom is 0.481 e. The molecule has 0 amide bonds. The number of aromatic nitrogens is 2. The second kappa shape index (κ2) is 7.64. The largest absolute Gasteiger partial charge is 0.489 e. The van der Waals surface area contributed by atoms with Crippen molar-refractivity contribution in [2.24, 2.45) is 17.8 Å². The zero-order chi connectivity index (χ0) is 20.8. The van der Waals surface area contributed by atoms with E-state index in [2.05, 4.69) is 22.3 Å². The topological polar surface area (TPSA) is 44.2 Å². The fourth-order valence-electron chi connectivity index (χ4n) is 5.90. The van der Waals surface area contributed by atoms with Crippen LogP contribution in [0.25, 0.3) is 10.6 Å². The molecule has 7 heteroatoms. The van der Waals surface area contributed by atoms with E-state index in [1.54, 1.807) is 0 Å². The normalized spacial score (nSPS) is 31.0. The number of rotatable bonds is 6. The first kappa shape index (κ1) is 19.3. The Morgan fingerprint density at radius 1 is 0.935 bits per heavy atom. The van der Waals surface area contributed by atoms with E-state index >= 15 is 0 Å². The van der Waals surface area contributed by atoms with Crippen molar-refractivity contribution in [2.45, 2.75) is 25.6 Å². The predicted molar refractivity (Wildman–Crippen MR) is 121 cm³/mol. The summed E-state index contributed by atoms with van der Waals surface area (Å²) in [4.78, 5) is 0. The Morgan fingerprint density at radius 3 is 2.39 bits per heavy atom. The number of hydrogen-bond donors (Lipinski definition) is 0. The number of quaternary nitrogens is 1. The number of nitrogens with zero attached hydrogens (tertiary/aromatic N) is 3. The van der Waals surface area contributed by atoms with Crippen LogP contribution in [-0.2, 0) is 6.61 Å². The Bertz CT molecular complexity index is 1040. The summed E-state index contributed by atoms with van der Waals surface area (Å²) < 4.78 is 13.0. The summed E-state index contributed by atoms with van der Waals surface area (Å²) in [6.45, 7) is 3.78. The van der Waals surface area contributed by atoms with Gasteiger partial charge in [0.25, 0.3) is 5.19 Å². The van der Waals surface area contributed by atoms with Crippen molar-refractivity contribution in [3.8, 4) is 21.5 Å². The first-order valence-electron chi connectivity index (χ1n) is 11.1. The highest BCUT2D eigenvalue weighted by atomic mass is 32.1. The lowest BCUT2D eigenvalue weighted by Gasteiger charge is -2.59. The van der Waals surface area contributed by atoms with Crippen molar-refractivity contribution < 1.29 is 13.9 Å². The van der Waals surface area contributed by atoms with Gasteiger partial charge < -0.3 is 13.9 Å². The summed E-state index contributed by atoms with van der Waals surface area (Å²) in [5, 5.41) is 10.3. The molecule has 3 aliphatic heterocycles. The molecule has 4 fully saturated rings. The molecule has 2 unspecified atom stereocenters. The minimum absolute atomic E-state index is 0.237. The Balaban J connectivity index is 1.10. The highest BCUT2D eigenvalue weighted by molar-refractivity contribution is 7.16. The number of benzene rings is 2. The summed E-state index contributed by atoms with van der Waals surface area (Å²) in [6.07, 6.45) is 2.73. The van der Waals surface area contributed by atoms with E-state index in [1.807, 2.05) is 42.5 Å². The fourth-order valence-corrected chi connectivity index (χ4v) is 6.64. The molecule has 2 aromatic carbocycles. The molecular weight excluding hydrogens is 405 g/mol. The van der Waals surface area contributed by atoms with Gasteiger partial charge in [0.15, 0.2) is 5.01 Å². The van der Waals surface area contributed by atoms with E-state index in [1.165, 1.54) is 24.2 Å². The Morgan fingerprint density at radius 2 is 1.68 bits per heavy atom. The molecule has 2 radical (unpaired) electrons. The molecule has 7 rings (SSSR count). The molecular formula is C24H25BN3O2S+. The van der Waals surface area contributed by atoms with Crippen LogP contribution in [0.5, 0.6) is 10.9 Å².